The minimum atomic E-state index is -0.595. The summed E-state index contributed by atoms with van der Waals surface area (Å²) in [6, 6.07) is 10.1. The van der Waals surface area contributed by atoms with Crippen molar-refractivity contribution in [3.05, 3.63) is 70.5 Å². The Balaban J connectivity index is 2.45. The van der Waals surface area contributed by atoms with Crippen molar-refractivity contribution in [1.29, 1.82) is 5.26 Å². The highest BCUT2D eigenvalue weighted by Gasteiger charge is 2.14. The van der Waals surface area contributed by atoms with Gasteiger partial charge in [-0.15, -0.1) is 6.58 Å². The van der Waals surface area contributed by atoms with Crippen LogP contribution in [-0.2, 0) is 13.0 Å². The van der Waals surface area contributed by atoms with E-state index in [2.05, 4.69) is 6.58 Å². The Morgan fingerprint density at radius 1 is 1.36 bits per heavy atom. The molecular formula is C17H14ClFN2O. The predicted octanol–water partition coefficient (Wildman–Crippen LogP) is 4.33. The van der Waals surface area contributed by atoms with E-state index >= 15 is 0 Å². The smallest absolute Gasteiger partial charge is 0.181 e. The second-order valence-electron chi connectivity index (χ2n) is 4.63. The summed E-state index contributed by atoms with van der Waals surface area (Å²) in [5.74, 6) is -0.349. The van der Waals surface area contributed by atoms with E-state index in [-0.39, 0.29) is 17.3 Å². The van der Waals surface area contributed by atoms with Gasteiger partial charge >= 0.3 is 0 Å². The maximum absolute atomic E-state index is 14.3. The van der Waals surface area contributed by atoms with Crippen molar-refractivity contribution in [1.82, 2.24) is 0 Å². The molecule has 0 radical (unpaired) electrons. The summed E-state index contributed by atoms with van der Waals surface area (Å²) in [5, 5.41) is 9.21. The SMILES string of the molecule is C=CCc1cc(C#N)cc(Oc2c(Cl)ccc(CN)c2F)c1. The number of ether oxygens (including phenoxy) is 1. The molecule has 0 aliphatic heterocycles. The topological polar surface area (TPSA) is 59.0 Å². The lowest BCUT2D eigenvalue weighted by Gasteiger charge is -2.12. The molecule has 0 bridgehead atoms. The molecule has 22 heavy (non-hydrogen) atoms. The molecule has 2 aromatic rings. The number of nitriles is 1. The highest BCUT2D eigenvalue weighted by atomic mass is 35.5. The summed E-state index contributed by atoms with van der Waals surface area (Å²) in [4.78, 5) is 0. The Labute approximate surface area is 133 Å². The molecule has 0 aliphatic rings. The van der Waals surface area contributed by atoms with E-state index in [1.54, 1.807) is 18.2 Å². The van der Waals surface area contributed by atoms with Crippen LogP contribution in [0.25, 0.3) is 0 Å². The maximum atomic E-state index is 14.3. The van der Waals surface area contributed by atoms with Gasteiger partial charge in [-0.2, -0.15) is 5.26 Å². The van der Waals surface area contributed by atoms with Gasteiger partial charge in [-0.25, -0.2) is 4.39 Å². The standard InChI is InChI=1S/C17H14ClFN2O/c1-2-3-11-6-12(9-20)8-14(7-11)22-17-15(18)5-4-13(10-21)16(17)19/h2,4-8H,1,3,10,21H2. The van der Waals surface area contributed by atoms with Crippen LogP contribution in [0.4, 0.5) is 4.39 Å². The molecule has 0 atom stereocenters. The van der Waals surface area contributed by atoms with Crippen LogP contribution in [0.5, 0.6) is 11.5 Å². The van der Waals surface area contributed by atoms with Crippen molar-refractivity contribution in [2.24, 2.45) is 5.73 Å². The molecule has 0 aliphatic carbocycles. The first-order chi connectivity index (χ1) is 10.6. The molecule has 2 rings (SSSR count). The molecule has 0 amide bonds. The zero-order chi connectivity index (χ0) is 16.1. The fourth-order valence-electron chi connectivity index (χ4n) is 2.01. The number of allylic oxidation sites excluding steroid dienone is 1. The lowest BCUT2D eigenvalue weighted by atomic mass is 10.1. The van der Waals surface area contributed by atoms with Crippen LogP contribution in [0.2, 0.25) is 5.02 Å². The van der Waals surface area contributed by atoms with Crippen LogP contribution in [0.1, 0.15) is 16.7 Å². The second-order valence-corrected chi connectivity index (χ2v) is 5.03. The molecule has 5 heteroatoms. The van der Waals surface area contributed by atoms with Crippen molar-refractivity contribution < 1.29 is 9.13 Å². The molecule has 0 aromatic heterocycles. The van der Waals surface area contributed by atoms with Crippen molar-refractivity contribution in [2.45, 2.75) is 13.0 Å². The fourth-order valence-corrected chi connectivity index (χ4v) is 2.20. The number of rotatable bonds is 5. The third-order valence-electron chi connectivity index (χ3n) is 3.04. The third-order valence-corrected chi connectivity index (χ3v) is 3.34. The van der Waals surface area contributed by atoms with Gasteiger partial charge < -0.3 is 10.5 Å². The number of halogens is 2. The molecule has 0 fully saturated rings. The maximum Gasteiger partial charge on any atom is 0.181 e. The van der Waals surface area contributed by atoms with Crippen LogP contribution in [0, 0.1) is 17.1 Å². The quantitative estimate of drug-likeness (QED) is 0.835. The van der Waals surface area contributed by atoms with Gasteiger partial charge in [0.05, 0.1) is 16.7 Å². The lowest BCUT2D eigenvalue weighted by Crippen LogP contribution is -2.02. The van der Waals surface area contributed by atoms with E-state index in [9.17, 15) is 4.39 Å². The average Bonchev–Trinajstić information content (AvgIpc) is 2.51. The third kappa shape index (κ3) is 3.45. The normalized spacial score (nSPS) is 10.1. The van der Waals surface area contributed by atoms with E-state index in [1.165, 1.54) is 18.2 Å². The molecule has 2 N–H and O–H groups in total. The highest BCUT2D eigenvalue weighted by molar-refractivity contribution is 6.32. The van der Waals surface area contributed by atoms with Gasteiger partial charge in [0.1, 0.15) is 5.75 Å². The molecule has 0 saturated carbocycles. The molecule has 112 valence electrons. The molecule has 0 saturated heterocycles. The van der Waals surface area contributed by atoms with E-state index in [1.807, 2.05) is 6.07 Å². The van der Waals surface area contributed by atoms with Gasteiger partial charge in [-0.1, -0.05) is 23.7 Å². The fraction of sp³-hybridized carbons (Fsp3) is 0.118. The molecule has 2 aromatic carbocycles. The number of nitrogens with two attached hydrogens (primary N) is 1. The second kappa shape index (κ2) is 7.08. The zero-order valence-corrected chi connectivity index (χ0v) is 12.5. The van der Waals surface area contributed by atoms with Crippen LogP contribution in [0.3, 0.4) is 0 Å². The predicted molar refractivity (Wildman–Crippen MR) is 84.4 cm³/mol. The van der Waals surface area contributed by atoms with Gasteiger partial charge in [0, 0.05) is 12.1 Å². The summed E-state index contributed by atoms with van der Waals surface area (Å²) in [6.07, 6.45) is 2.29. The van der Waals surface area contributed by atoms with Crippen molar-refractivity contribution >= 4 is 11.6 Å². The molecule has 3 nitrogen and oxygen atoms in total. The van der Waals surface area contributed by atoms with Gasteiger partial charge in [-0.3, -0.25) is 0 Å². The summed E-state index contributed by atoms with van der Waals surface area (Å²) in [6.45, 7) is 3.70. The minimum Gasteiger partial charge on any atom is -0.453 e. The van der Waals surface area contributed by atoms with Crippen molar-refractivity contribution in [3.63, 3.8) is 0 Å². The Hall–Kier alpha value is -2.35. The monoisotopic (exact) mass is 316 g/mol. The van der Waals surface area contributed by atoms with Gasteiger partial charge in [0.2, 0.25) is 0 Å². The van der Waals surface area contributed by atoms with Crippen LogP contribution in [0.15, 0.2) is 43.0 Å². The van der Waals surface area contributed by atoms with E-state index in [0.29, 0.717) is 23.3 Å². The van der Waals surface area contributed by atoms with Gasteiger partial charge in [-0.05, 0) is 36.2 Å². The summed E-state index contributed by atoms with van der Waals surface area (Å²) < 4.78 is 19.8. The van der Waals surface area contributed by atoms with Crippen LogP contribution >= 0.6 is 11.6 Å². The summed E-state index contributed by atoms with van der Waals surface area (Å²) in [5.41, 5.74) is 7.05. The Bertz CT molecular complexity index is 753. The molecule has 0 spiro atoms. The van der Waals surface area contributed by atoms with Crippen molar-refractivity contribution in [2.75, 3.05) is 0 Å². The lowest BCUT2D eigenvalue weighted by molar-refractivity contribution is 0.438. The van der Waals surface area contributed by atoms with Crippen LogP contribution < -0.4 is 10.5 Å². The molecule has 0 unspecified atom stereocenters. The number of hydrogen-bond donors (Lipinski definition) is 1. The number of benzene rings is 2. The van der Waals surface area contributed by atoms with E-state index in [0.717, 1.165) is 5.56 Å². The van der Waals surface area contributed by atoms with Gasteiger partial charge in [0.15, 0.2) is 11.6 Å². The zero-order valence-electron chi connectivity index (χ0n) is 11.8. The van der Waals surface area contributed by atoms with E-state index < -0.39 is 5.82 Å². The van der Waals surface area contributed by atoms with Gasteiger partial charge in [0.25, 0.3) is 0 Å². The van der Waals surface area contributed by atoms with Crippen LogP contribution in [-0.4, -0.2) is 0 Å². The first-order valence-electron chi connectivity index (χ1n) is 6.58. The molecular weight excluding hydrogens is 303 g/mol. The Morgan fingerprint density at radius 2 is 2.14 bits per heavy atom. The highest BCUT2D eigenvalue weighted by Crippen LogP contribution is 2.34. The summed E-state index contributed by atoms with van der Waals surface area (Å²) in [7, 11) is 0. The largest absolute Gasteiger partial charge is 0.453 e. The first-order valence-corrected chi connectivity index (χ1v) is 6.96. The average molecular weight is 317 g/mol. The number of nitrogens with zero attached hydrogens (tertiary/aromatic N) is 1. The Morgan fingerprint density at radius 3 is 2.77 bits per heavy atom. The first kappa shape index (κ1) is 16.0. The number of hydrogen-bond acceptors (Lipinski definition) is 3. The minimum absolute atomic E-state index is 0.0410. The van der Waals surface area contributed by atoms with E-state index in [4.69, 9.17) is 27.3 Å². The van der Waals surface area contributed by atoms with Crippen molar-refractivity contribution in [3.8, 4) is 17.6 Å². The summed E-state index contributed by atoms with van der Waals surface area (Å²) >= 11 is 6.00. The Kier molecular flexibility index (Phi) is 5.16. The molecule has 0 heterocycles.